The second-order valence-corrected chi connectivity index (χ2v) is 6.24. The summed E-state index contributed by atoms with van der Waals surface area (Å²) in [5.41, 5.74) is 4.89. The van der Waals surface area contributed by atoms with E-state index >= 15 is 0 Å². The smallest absolute Gasteiger partial charge is 0.255 e. The van der Waals surface area contributed by atoms with E-state index in [0.29, 0.717) is 17.6 Å². The molecule has 0 fully saturated rings. The Hall–Kier alpha value is -3.72. The Kier molecular flexibility index (Phi) is 4.27. The van der Waals surface area contributed by atoms with Crippen molar-refractivity contribution in [1.29, 1.82) is 0 Å². The van der Waals surface area contributed by atoms with Gasteiger partial charge in [-0.05, 0) is 49.2 Å². The first-order valence-corrected chi connectivity index (χ1v) is 8.60. The number of pyridine rings is 1. The third-order valence-electron chi connectivity index (χ3n) is 4.50. The predicted octanol–water partition coefficient (Wildman–Crippen LogP) is 2.98. The van der Waals surface area contributed by atoms with E-state index < -0.39 is 0 Å². The molecule has 0 unspecified atom stereocenters. The van der Waals surface area contributed by atoms with Gasteiger partial charge in [0.25, 0.3) is 5.91 Å². The molecule has 0 aliphatic carbocycles. The van der Waals surface area contributed by atoms with Crippen molar-refractivity contribution in [3.8, 4) is 11.8 Å². The van der Waals surface area contributed by atoms with E-state index in [1.165, 1.54) is 0 Å². The van der Waals surface area contributed by atoms with E-state index in [1.54, 1.807) is 18.2 Å². The van der Waals surface area contributed by atoms with Crippen LogP contribution in [0.2, 0.25) is 0 Å². The lowest BCUT2D eigenvalue weighted by Crippen LogP contribution is -2.37. The molecule has 1 amide bonds. The Morgan fingerprint density at radius 2 is 1.96 bits per heavy atom. The monoisotopic (exact) mass is 356 g/mol. The number of benzene rings is 2. The topological polar surface area (TPSA) is 74.6 Å². The lowest BCUT2D eigenvalue weighted by Gasteiger charge is -2.07. The van der Waals surface area contributed by atoms with E-state index in [2.05, 4.69) is 56.2 Å². The minimum absolute atomic E-state index is 0.184. The highest BCUT2D eigenvalue weighted by Crippen LogP contribution is 2.19. The molecular formula is C21H18N5O+. The van der Waals surface area contributed by atoms with Gasteiger partial charge in [0.15, 0.2) is 5.69 Å². The molecule has 0 atom stereocenters. The van der Waals surface area contributed by atoms with Crippen LogP contribution in [-0.2, 0) is 6.54 Å². The zero-order chi connectivity index (χ0) is 18.8. The Labute approximate surface area is 156 Å². The zero-order valence-corrected chi connectivity index (χ0v) is 15.1. The molecule has 6 heteroatoms. The molecule has 2 heterocycles. The molecule has 0 saturated carbocycles. The number of nitrogens with zero attached hydrogens (tertiary/aromatic N) is 3. The van der Waals surface area contributed by atoms with E-state index in [-0.39, 0.29) is 5.91 Å². The molecule has 4 aromatic rings. The van der Waals surface area contributed by atoms with Gasteiger partial charge < -0.3 is 5.32 Å². The van der Waals surface area contributed by atoms with Gasteiger partial charge in [-0.1, -0.05) is 0 Å². The van der Waals surface area contributed by atoms with Gasteiger partial charge in [-0.2, -0.15) is 20.0 Å². The van der Waals surface area contributed by atoms with E-state index in [4.69, 9.17) is 0 Å². The lowest BCUT2D eigenvalue weighted by molar-refractivity contribution is -0.664. The van der Waals surface area contributed by atoms with Gasteiger partial charge in [-0.15, -0.1) is 5.92 Å². The quantitative estimate of drug-likeness (QED) is 0.438. The minimum Gasteiger partial charge on any atom is -0.322 e. The molecule has 0 radical (unpaired) electrons. The largest absolute Gasteiger partial charge is 0.322 e. The molecule has 132 valence electrons. The summed E-state index contributed by atoms with van der Waals surface area (Å²) in [4.78, 5) is 12.6. The molecule has 0 bridgehead atoms. The van der Waals surface area contributed by atoms with Crippen molar-refractivity contribution < 1.29 is 9.36 Å². The van der Waals surface area contributed by atoms with Gasteiger partial charge in [0.05, 0.1) is 0 Å². The number of nitrogens with one attached hydrogen (secondary N) is 2. The van der Waals surface area contributed by atoms with Crippen molar-refractivity contribution in [2.45, 2.75) is 20.4 Å². The van der Waals surface area contributed by atoms with Gasteiger partial charge in [-0.3, -0.25) is 4.79 Å². The van der Waals surface area contributed by atoms with E-state index in [1.807, 2.05) is 25.1 Å². The normalized spacial score (nSPS) is 10.6. The Bertz CT molecular complexity index is 1230. The number of carbonyl (C=O) groups excluding carboxylic acids is 1. The van der Waals surface area contributed by atoms with Crippen LogP contribution in [0.3, 0.4) is 0 Å². The van der Waals surface area contributed by atoms with Crippen molar-refractivity contribution >= 4 is 33.5 Å². The number of aromatic amines is 1. The van der Waals surface area contributed by atoms with Gasteiger partial charge >= 0.3 is 0 Å². The van der Waals surface area contributed by atoms with Crippen LogP contribution in [0.1, 0.15) is 23.0 Å². The highest BCUT2D eigenvalue weighted by atomic mass is 16.1. The average molecular weight is 356 g/mol. The first-order chi connectivity index (χ1) is 13.2. The van der Waals surface area contributed by atoms with Crippen molar-refractivity contribution in [1.82, 2.24) is 15.4 Å². The van der Waals surface area contributed by atoms with Crippen LogP contribution >= 0.6 is 0 Å². The maximum Gasteiger partial charge on any atom is 0.255 e. The first kappa shape index (κ1) is 16.7. The molecule has 2 N–H and O–H groups in total. The Morgan fingerprint density at radius 1 is 1.11 bits per heavy atom. The number of anilines is 1. The summed E-state index contributed by atoms with van der Waals surface area (Å²) in [6.45, 7) is 4.54. The minimum atomic E-state index is -0.184. The fraction of sp³-hybridized carbons (Fsp3) is 0.143. The summed E-state index contributed by atoms with van der Waals surface area (Å²) in [5, 5.41) is 14.6. The highest BCUT2D eigenvalue weighted by molar-refractivity contribution is 6.06. The van der Waals surface area contributed by atoms with Gasteiger partial charge in [0.1, 0.15) is 11.0 Å². The van der Waals surface area contributed by atoms with Crippen LogP contribution in [0.15, 0.2) is 48.5 Å². The van der Waals surface area contributed by atoms with Crippen LogP contribution < -0.4 is 9.88 Å². The summed E-state index contributed by atoms with van der Waals surface area (Å²) < 4.78 is 2.16. The zero-order valence-electron chi connectivity index (χ0n) is 15.1. The molecule has 0 spiro atoms. The Balaban J connectivity index is 1.64. The van der Waals surface area contributed by atoms with Crippen molar-refractivity contribution in [2.24, 2.45) is 0 Å². The maximum absolute atomic E-state index is 12.6. The van der Waals surface area contributed by atoms with Crippen LogP contribution in [0.4, 0.5) is 5.69 Å². The highest BCUT2D eigenvalue weighted by Gasteiger charge is 2.13. The Morgan fingerprint density at radius 3 is 2.81 bits per heavy atom. The van der Waals surface area contributed by atoms with Crippen LogP contribution in [0, 0.1) is 18.8 Å². The second kappa shape index (κ2) is 6.89. The SMILES string of the molecule is CC#CC[n+]1c(C)ccc2cc(NC(=O)c3ccc4n[nH]nc4c3)ccc21. The number of aromatic nitrogens is 4. The van der Waals surface area contributed by atoms with Crippen molar-refractivity contribution in [3.63, 3.8) is 0 Å². The summed E-state index contributed by atoms with van der Waals surface area (Å²) >= 11 is 0. The van der Waals surface area contributed by atoms with Gasteiger partial charge in [0, 0.05) is 35.7 Å². The summed E-state index contributed by atoms with van der Waals surface area (Å²) in [6, 6.07) is 15.2. The molecule has 0 aliphatic rings. The molecule has 0 aliphatic heterocycles. The summed E-state index contributed by atoms with van der Waals surface area (Å²) in [5.74, 6) is 5.86. The molecule has 2 aromatic carbocycles. The van der Waals surface area contributed by atoms with Crippen molar-refractivity contribution in [2.75, 3.05) is 5.32 Å². The number of hydrogen-bond donors (Lipinski definition) is 2. The number of fused-ring (bicyclic) bond motifs is 2. The molecule has 27 heavy (non-hydrogen) atoms. The van der Waals surface area contributed by atoms with E-state index in [0.717, 1.165) is 27.8 Å². The van der Waals surface area contributed by atoms with Crippen LogP contribution in [-0.4, -0.2) is 21.3 Å². The summed E-state index contributed by atoms with van der Waals surface area (Å²) in [7, 11) is 0. The fourth-order valence-electron chi connectivity index (χ4n) is 3.05. The number of hydrogen-bond acceptors (Lipinski definition) is 3. The number of H-pyrrole nitrogens is 1. The van der Waals surface area contributed by atoms with Gasteiger partial charge in [0.2, 0.25) is 12.1 Å². The standard InChI is InChI=1S/C21H17N5O/c1-3-4-11-26-14(2)5-6-15-12-17(8-10-20(15)26)22-21(27)16-7-9-18-19(13-16)24-25-23-18/h5-10,12-13H,11H2,1-2H3,(H-,22,23,24,25,27)/p+1. The number of aryl methyl sites for hydroxylation is 1. The lowest BCUT2D eigenvalue weighted by atomic mass is 10.1. The predicted molar refractivity (Wildman–Crippen MR) is 104 cm³/mol. The summed E-state index contributed by atoms with van der Waals surface area (Å²) in [6.07, 6.45) is 0. The molecule has 0 saturated heterocycles. The molecule has 4 rings (SSSR count). The van der Waals surface area contributed by atoms with Crippen LogP contribution in [0.25, 0.3) is 21.9 Å². The first-order valence-electron chi connectivity index (χ1n) is 8.60. The number of rotatable bonds is 3. The number of carbonyl (C=O) groups is 1. The van der Waals surface area contributed by atoms with Crippen molar-refractivity contribution in [3.05, 3.63) is 59.8 Å². The molecular weight excluding hydrogens is 338 g/mol. The van der Waals surface area contributed by atoms with E-state index in [9.17, 15) is 4.79 Å². The maximum atomic E-state index is 12.6. The third kappa shape index (κ3) is 3.23. The number of amides is 1. The average Bonchev–Trinajstić information content (AvgIpc) is 3.15. The van der Waals surface area contributed by atoms with Crippen LogP contribution in [0.5, 0.6) is 0 Å². The fourth-order valence-corrected chi connectivity index (χ4v) is 3.05. The third-order valence-corrected chi connectivity index (χ3v) is 4.50. The molecule has 2 aromatic heterocycles. The van der Waals surface area contributed by atoms with Gasteiger partial charge in [-0.25, -0.2) is 0 Å². The molecule has 6 nitrogen and oxygen atoms in total. The second-order valence-electron chi connectivity index (χ2n) is 6.24.